The van der Waals surface area contributed by atoms with Gasteiger partial charge in [0.25, 0.3) is 5.91 Å². The molecule has 19 heavy (non-hydrogen) atoms. The second kappa shape index (κ2) is 5.41. The number of carbonyl (C=O) groups excluding carboxylic acids is 1. The molecular formula is C11H8FN5OS. The minimum Gasteiger partial charge on any atom is -0.363 e. The molecular weight excluding hydrogens is 269 g/mol. The van der Waals surface area contributed by atoms with E-state index in [2.05, 4.69) is 20.8 Å². The van der Waals surface area contributed by atoms with Crippen molar-refractivity contribution in [2.24, 2.45) is 0 Å². The largest absolute Gasteiger partial charge is 0.363 e. The van der Waals surface area contributed by atoms with Gasteiger partial charge in [-0.2, -0.15) is 5.26 Å². The lowest BCUT2D eigenvalue weighted by Crippen LogP contribution is -2.12. The summed E-state index contributed by atoms with van der Waals surface area (Å²) < 4.78 is 13.0. The van der Waals surface area contributed by atoms with Crippen LogP contribution in [0.2, 0.25) is 0 Å². The van der Waals surface area contributed by atoms with Crippen LogP contribution in [0.15, 0.2) is 18.2 Å². The number of aromatic nitrogens is 2. The fraction of sp³-hybridized carbons (Fsp3) is 0.0909. The number of rotatable bonds is 3. The van der Waals surface area contributed by atoms with Crippen molar-refractivity contribution in [3.05, 3.63) is 34.6 Å². The number of nitriles is 1. The molecule has 1 aromatic heterocycles. The SMILES string of the molecule is CNc1nnc(C(=O)Nc2ccc(F)cc2C#N)s1. The highest BCUT2D eigenvalue weighted by molar-refractivity contribution is 7.17. The van der Waals surface area contributed by atoms with E-state index in [1.807, 2.05) is 6.07 Å². The zero-order valence-corrected chi connectivity index (χ0v) is 10.6. The highest BCUT2D eigenvalue weighted by Crippen LogP contribution is 2.19. The second-order valence-electron chi connectivity index (χ2n) is 3.42. The van der Waals surface area contributed by atoms with Crippen molar-refractivity contribution in [1.29, 1.82) is 5.26 Å². The van der Waals surface area contributed by atoms with E-state index in [4.69, 9.17) is 5.26 Å². The van der Waals surface area contributed by atoms with Gasteiger partial charge in [-0.05, 0) is 18.2 Å². The smallest absolute Gasteiger partial charge is 0.286 e. The molecule has 2 rings (SSSR count). The molecule has 2 N–H and O–H groups in total. The van der Waals surface area contributed by atoms with Crippen molar-refractivity contribution in [1.82, 2.24) is 10.2 Å². The summed E-state index contributed by atoms with van der Waals surface area (Å²) in [5.41, 5.74) is 0.279. The van der Waals surface area contributed by atoms with E-state index in [-0.39, 0.29) is 16.3 Å². The molecule has 0 aliphatic heterocycles. The molecule has 0 bridgehead atoms. The molecule has 2 aromatic rings. The van der Waals surface area contributed by atoms with Crippen molar-refractivity contribution in [2.75, 3.05) is 17.7 Å². The Morgan fingerprint density at radius 3 is 2.89 bits per heavy atom. The first-order chi connectivity index (χ1) is 9.13. The van der Waals surface area contributed by atoms with Gasteiger partial charge in [0.1, 0.15) is 11.9 Å². The topological polar surface area (TPSA) is 90.7 Å². The molecule has 0 radical (unpaired) electrons. The van der Waals surface area contributed by atoms with Crippen LogP contribution in [0.3, 0.4) is 0 Å². The number of benzene rings is 1. The number of halogens is 1. The standard InChI is InChI=1S/C11H8FN5OS/c1-14-11-17-16-10(19-11)9(18)15-8-3-2-7(12)4-6(8)5-13/h2-4H,1H3,(H,14,17)(H,15,18). The molecule has 0 aliphatic rings. The van der Waals surface area contributed by atoms with Crippen molar-refractivity contribution >= 4 is 28.1 Å². The number of anilines is 2. The van der Waals surface area contributed by atoms with Crippen LogP contribution >= 0.6 is 11.3 Å². The number of carbonyl (C=O) groups is 1. The van der Waals surface area contributed by atoms with Crippen LogP contribution in [0.25, 0.3) is 0 Å². The maximum Gasteiger partial charge on any atom is 0.286 e. The van der Waals surface area contributed by atoms with Crippen LogP contribution in [-0.2, 0) is 0 Å². The van der Waals surface area contributed by atoms with Crippen LogP contribution in [0, 0.1) is 17.1 Å². The highest BCUT2D eigenvalue weighted by atomic mass is 32.1. The van der Waals surface area contributed by atoms with Gasteiger partial charge >= 0.3 is 0 Å². The molecule has 0 saturated carbocycles. The predicted octanol–water partition coefficient (Wildman–Crippen LogP) is 1.84. The van der Waals surface area contributed by atoms with Gasteiger partial charge in [0, 0.05) is 7.05 Å². The summed E-state index contributed by atoms with van der Waals surface area (Å²) in [6.45, 7) is 0. The van der Waals surface area contributed by atoms with Gasteiger partial charge in [0.05, 0.1) is 11.3 Å². The average molecular weight is 277 g/mol. The minimum atomic E-state index is -0.539. The molecule has 1 amide bonds. The van der Waals surface area contributed by atoms with E-state index < -0.39 is 11.7 Å². The molecule has 96 valence electrons. The molecule has 0 saturated heterocycles. The number of amides is 1. The number of nitrogens with one attached hydrogen (secondary N) is 2. The molecule has 1 aromatic carbocycles. The maximum atomic E-state index is 13.0. The summed E-state index contributed by atoms with van der Waals surface area (Å²) in [4.78, 5) is 11.9. The van der Waals surface area contributed by atoms with Crippen LogP contribution in [-0.4, -0.2) is 23.2 Å². The van der Waals surface area contributed by atoms with Gasteiger partial charge in [-0.25, -0.2) is 4.39 Å². The first-order valence-electron chi connectivity index (χ1n) is 5.16. The number of nitrogens with zero attached hydrogens (tertiary/aromatic N) is 3. The van der Waals surface area contributed by atoms with Crippen LogP contribution in [0.1, 0.15) is 15.4 Å². The predicted molar refractivity (Wildman–Crippen MR) is 68.5 cm³/mol. The molecule has 0 unspecified atom stereocenters. The van der Waals surface area contributed by atoms with Crippen molar-refractivity contribution in [3.8, 4) is 6.07 Å². The monoisotopic (exact) mass is 277 g/mol. The fourth-order valence-corrected chi connectivity index (χ4v) is 1.90. The Hall–Kier alpha value is -2.53. The molecule has 0 spiro atoms. The Bertz CT molecular complexity index is 663. The highest BCUT2D eigenvalue weighted by Gasteiger charge is 2.14. The van der Waals surface area contributed by atoms with Crippen molar-refractivity contribution < 1.29 is 9.18 Å². The van der Waals surface area contributed by atoms with Gasteiger partial charge in [-0.15, -0.1) is 10.2 Å². The summed E-state index contributed by atoms with van der Waals surface area (Å²) in [6, 6.07) is 5.35. The van der Waals surface area contributed by atoms with E-state index in [1.165, 1.54) is 6.07 Å². The summed E-state index contributed by atoms with van der Waals surface area (Å²) in [6.07, 6.45) is 0. The Balaban J connectivity index is 2.22. The molecule has 0 aliphatic carbocycles. The third-order valence-electron chi connectivity index (χ3n) is 2.18. The number of hydrogen-bond acceptors (Lipinski definition) is 6. The van der Waals surface area contributed by atoms with Crippen LogP contribution < -0.4 is 10.6 Å². The minimum absolute atomic E-state index is 0.0479. The first-order valence-corrected chi connectivity index (χ1v) is 5.98. The average Bonchev–Trinajstić information content (AvgIpc) is 2.89. The second-order valence-corrected chi connectivity index (χ2v) is 4.40. The molecule has 1 heterocycles. The van der Waals surface area contributed by atoms with E-state index in [0.717, 1.165) is 23.5 Å². The van der Waals surface area contributed by atoms with Gasteiger partial charge < -0.3 is 10.6 Å². The van der Waals surface area contributed by atoms with Gasteiger partial charge in [0.15, 0.2) is 0 Å². The Labute approximate surface area is 111 Å². The third-order valence-corrected chi connectivity index (χ3v) is 3.12. The van der Waals surface area contributed by atoms with E-state index in [0.29, 0.717) is 5.13 Å². The summed E-state index contributed by atoms with van der Waals surface area (Å²) in [5.74, 6) is -1.04. The Kier molecular flexibility index (Phi) is 3.68. The normalized spacial score (nSPS) is 9.74. The molecule has 0 atom stereocenters. The molecule has 8 heteroatoms. The summed E-state index contributed by atoms with van der Waals surface area (Å²) in [7, 11) is 1.66. The van der Waals surface area contributed by atoms with Crippen molar-refractivity contribution in [3.63, 3.8) is 0 Å². The van der Waals surface area contributed by atoms with Crippen LogP contribution in [0.5, 0.6) is 0 Å². The Morgan fingerprint density at radius 1 is 1.47 bits per heavy atom. The number of hydrogen-bond donors (Lipinski definition) is 2. The van der Waals surface area contributed by atoms with Crippen LogP contribution in [0.4, 0.5) is 15.2 Å². The molecule has 6 nitrogen and oxygen atoms in total. The van der Waals surface area contributed by atoms with Gasteiger partial charge in [-0.1, -0.05) is 11.3 Å². The Morgan fingerprint density at radius 2 is 2.26 bits per heavy atom. The maximum absolute atomic E-state index is 13.0. The molecule has 0 fully saturated rings. The zero-order valence-electron chi connectivity index (χ0n) is 9.77. The van der Waals surface area contributed by atoms with E-state index >= 15 is 0 Å². The quantitative estimate of drug-likeness (QED) is 0.893. The fourth-order valence-electron chi connectivity index (χ4n) is 1.31. The van der Waals surface area contributed by atoms with Gasteiger partial charge in [-0.3, -0.25) is 4.79 Å². The first kappa shape index (κ1) is 12.9. The van der Waals surface area contributed by atoms with Crippen molar-refractivity contribution in [2.45, 2.75) is 0 Å². The zero-order chi connectivity index (χ0) is 13.8. The lowest BCUT2D eigenvalue weighted by atomic mass is 10.2. The van der Waals surface area contributed by atoms with E-state index in [9.17, 15) is 9.18 Å². The summed E-state index contributed by atoms with van der Waals surface area (Å²) in [5, 5.41) is 22.2. The third kappa shape index (κ3) is 2.83. The lowest BCUT2D eigenvalue weighted by molar-refractivity contribution is 0.102. The summed E-state index contributed by atoms with van der Waals surface area (Å²) >= 11 is 1.07. The van der Waals surface area contributed by atoms with E-state index in [1.54, 1.807) is 7.05 Å². The van der Waals surface area contributed by atoms with Gasteiger partial charge in [0.2, 0.25) is 10.1 Å². The lowest BCUT2D eigenvalue weighted by Gasteiger charge is -2.04.